The van der Waals surface area contributed by atoms with E-state index in [-0.39, 0.29) is 44.8 Å². The number of hydrogen-bond donors (Lipinski definition) is 2. The molecule has 1 aliphatic rings. The van der Waals surface area contributed by atoms with Crippen LogP contribution in [-0.4, -0.2) is 59.8 Å². The molecule has 0 amide bonds. The maximum absolute atomic E-state index is 13.2. The van der Waals surface area contributed by atoms with Crippen molar-refractivity contribution in [3.63, 3.8) is 0 Å². The van der Waals surface area contributed by atoms with Crippen molar-refractivity contribution in [3.05, 3.63) is 22.7 Å². The number of rotatable bonds is 16. The van der Waals surface area contributed by atoms with Crippen molar-refractivity contribution < 1.29 is 32.9 Å². The summed E-state index contributed by atoms with van der Waals surface area (Å²) in [5.74, 6) is -0.924. The Kier molecular flexibility index (Phi) is 13.1. The number of unbranched alkanes of at least 4 members (excludes halogenated alkanes) is 4. The Morgan fingerprint density at radius 2 is 1.92 bits per heavy atom. The minimum absolute atomic E-state index is 0.0373. The molecule has 0 radical (unpaired) electrons. The molecule has 0 bridgehead atoms. The summed E-state index contributed by atoms with van der Waals surface area (Å²) in [7, 11) is -3.57. The van der Waals surface area contributed by atoms with Crippen LogP contribution in [0.1, 0.15) is 65.2 Å². The predicted molar refractivity (Wildman–Crippen MR) is 133 cm³/mol. The van der Waals surface area contributed by atoms with Crippen molar-refractivity contribution >= 4 is 25.3 Å². The second kappa shape index (κ2) is 15.8. The van der Waals surface area contributed by atoms with Crippen molar-refractivity contribution in [2.75, 3.05) is 31.9 Å². The number of hydrogen-bond acceptors (Lipinski definition) is 10. The molecular formula is C23H39N4O8P. The lowest BCUT2D eigenvalue weighted by Crippen LogP contribution is -2.42. The van der Waals surface area contributed by atoms with E-state index < -0.39 is 37.3 Å². The lowest BCUT2D eigenvalue weighted by atomic mass is 10.1. The summed E-state index contributed by atoms with van der Waals surface area (Å²) in [5.41, 5.74) is 4.97. The maximum atomic E-state index is 13.2. The van der Waals surface area contributed by atoms with Gasteiger partial charge in [0.2, 0.25) is 0 Å². The SMILES string of the molecule is CCCCCOC(=O)CC[C@H](NP1(=O)CO[C@@H](Cn2ccc(N)nc2=O)CO1)C(=O)OCCCCC. The molecule has 3 atom stereocenters. The Labute approximate surface area is 211 Å². The molecule has 0 saturated carbocycles. The third-order valence-corrected chi connectivity index (χ3v) is 7.28. The molecule has 2 heterocycles. The molecule has 1 saturated heterocycles. The zero-order valence-electron chi connectivity index (χ0n) is 21.2. The lowest BCUT2D eigenvalue weighted by Gasteiger charge is -2.32. The van der Waals surface area contributed by atoms with Crippen molar-refractivity contribution in [2.45, 2.75) is 83.9 Å². The van der Waals surface area contributed by atoms with Gasteiger partial charge in [0, 0.05) is 12.6 Å². The third-order valence-electron chi connectivity index (χ3n) is 5.52. The van der Waals surface area contributed by atoms with Gasteiger partial charge in [0.25, 0.3) is 7.52 Å². The molecule has 1 fully saturated rings. The average molecular weight is 531 g/mol. The summed E-state index contributed by atoms with van der Waals surface area (Å²) in [6, 6.07) is 0.466. The van der Waals surface area contributed by atoms with E-state index in [0.717, 1.165) is 32.1 Å². The van der Waals surface area contributed by atoms with Crippen LogP contribution in [0, 0.1) is 0 Å². The number of anilines is 1. The van der Waals surface area contributed by atoms with Gasteiger partial charge in [-0.2, -0.15) is 4.98 Å². The van der Waals surface area contributed by atoms with Crippen LogP contribution < -0.4 is 16.5 Å². The second-order valence-corrected chi connectivity index (χ2v) is 10.8. The quantitative estimate of drug-likeness (QED) is 0.184. The van der Waals surface area contributed by atoms with Gasteiger partial charge in [-0.3, -0.25) is 18.7 Å². The highest BCUT2D eigenvalue weighted by atomic mass is 31.2. The molecule has 1 unspecified atom stereocenters. The highest BCUT2D eigenvalue weighted by molar-refractivity contribution is 7.56. The molecular weight excluding hydrogens is 491 g/mol. The third kappa shape index (κ3) is 10.8. The smallest absolute Gasteiger partial charge is 0.349 e. The molecule has 1 aliphatic heterocycles. The van der Waals surface area contributed by atoms with Crippen LogP contribution in [0.25, 0.3) is 0 Å². The Balaban J connectivity index is 1.92. The van der Waals surface area contributed by atoms with Crippen LogP contribution in [0.2, 0.25) is 0 Å². The van der Waals surface area contributed by atoms with Crippen LogP contribution in [0.4, 0.5) is 5.82 Å². The summed E-state index contributed by atoms with van der Waals surface area (Å²) >= 11 is 0. The van der Waals surface area contributed by atoms with Gasteiger partial charge in [-0.1, -0.05) is 39.5 Å². The van der Waals surface area contributed by atoms with Crippen LogP contribution in [0.15, 0.2) is 17.1 Å². The number of aromatic nitrogens is 2. The molecule has 13 heteroatoms. The number of carbonyl (C=O) groups excluding carboxylic acids is 2. The van der Waals surface area contributed by atoms with Crippen LogP contribution in [-0.2, 0) is 39.4 Å². The summed E-state index contributed by atoms with van der Waals surface area (Å²) in [6.45, 7) is 4.73. The van der Waals surface area contributed by atoms with E-state index in [9.17, 15) is 18.9 Å². The highest BCUT2D eigenvalue weighted by Crippen LogP contribution is 2.46. The van der Waals surface area contributed by atoms with E-state index in [4.69, 9.17) is 24.5 Å². The summed E-state index contributed by atoms with van der Waals surface area (Å²) in [4.78, 5) is 40.4. The molecule has 1 aromatic heterocycles. The fourth-order valence-electron chi connectivity index (χ4n) is 3.44. The number of esters is 2. The minimum atomic E-state index is -3.57. The van der Waals surface area contributed by atoms with Crippen molar-refractivity contribution in [2.24, 2.45) is 0 Å². The van der Waals surface area contributed by atoms with E-state index in [1.165, 1.54) is 16.8 Å². The van der Waals surface area contributed by atoms with Gasteiger partial charge in [0.05, 0.1) is 26.4 Å². The van der Waals surface area contributed by atoms with Gasteiger partial charge < -0.3 is 24.5 Å². The molecule has 1 aromatic rings. The van der Waals surface area contributed by atoms with Crippen molar-refractivity contribution in [3.8, 4) is 0 Å². The zero-order chi connectivity index (χ0) is 26.4. The van der Waals surface area contributed by atoms with Crippen molar-refractivity contribution in [1.29, 1.82) is 0 Å². The van der Waals surface area contributed by atoms with Gasteiger partial charge in [-0.05, 0) is 25.3 Å². The fourth-order valence-corrected chi connectivity index (χ4v) is 5.19. The van der Waals surface area contributed by atoms with E-state index >= 15 is 0 Å². The number of nitrogens with one attached hydrogen (secondary N) is 1. The highest BCUT2D eigenvalue weighted by Gasteiger charge is 2.37. The Morgan fingerprint density at radius 3 is 2.53 bits per heavy atom. The van der Waals surface area contributed by atoms with Gasteiger partial charge in [0.1, 0.15) is 24.3 Å². The first-order chi connectivity index (χ1) is 17.3. The first-order valence-electron chi connectivity index (χ1n) is 12.5. The number of nitrogens with zero attached hydrogens (tertiary/aromatic N) is 2. The first-order valence-corrected chi connectivity index (χ1v) is 14.4. The molecule has 0 aliphatic carbocycles. The summed E-state index contributed by atoms with van der Waals surface area (Å²) < 4.78 is 36.3. The number of nitrogen functional groups attached to an aromatic ring is 1. The summed E-state index contributed by atoms with van der Waals surface area (Å²) in [5, 5.41) is 2.74. The minimum Gasteiger partial charge on any atom is -0.466 e. The van der Waals surface area contributed by atoms with Gasteiger partial charge in [0.15, 0.2) is 0 Å². The normalized spacial score (nSPS) is 20.6. The van der Waals surface area contributed by atoms with Crippen molar-refractivity contribution in [1.82, 2.24) is 14.6 Å². The lowest BCUT2D eigenvalue weighted by molar-refractivity contribution is -0.147. The van der Waals surface area contributed by atoms with Gasteiger partial charge >= 0.3 is 17.6 Å². The molecule has 36 heavy (non-hydrogen) atoms. The molecule has 3 N–H and O–H groups in total. The Morgan fingerprint density at radius 1 is 1.22 bits per heavy atom. The van der Waals surface area contributed by atoms with Crippen LogP contribution >= 0.6 is 7.52 Å². The van der Waals surface area contributed by atoms with Crippen LogP contribution in [0.5, 0.6) is 0 Å². The molecule has 204 valence electrons. The van der Waals surface area contributed by atoms with E-state index in [2.05, 4.69) is 17.0 Å². The van der Waals surface area contributed by atoms with E-state index in [0.29, 0.717) is 13.0 Å². The zero-order valence-corrected chi connectivity index (χ0v) is 22.1. The summed E-state index contributed by atoms with van der Waals surface area (Å²) in [6.07, 6.45) is 6.01. The molecule has 0 aromatic carbocycles. The predicted octanol–water partition coefficient (Wildman–Crippen LogP) is 2.60. The monoisotopic (exact) mass is 530 g/mol. The Hall–Kier alpha value is -2.27. The van der Waals surface area contributed by atoms with E-state index in [1.54, 1.807) is 0 Å². The van der Waals surface area contributed by atoms with Crippen LogP contribution in [0.3, 0.4) is 0 Å². The molecule has 12 nitrogen and oxygen atoms in total. The van der Waals surface area contributed by atoms with Gasteiger partial charge in [-0.15, -0.1) is 0 Å². The number of nitrogens with two attached hydrogens (primary N) is 1. The number of carbonyl (C=O) groups is 2. The van der Waals surface area contributed by atoms with E-state index in [1.807, 2.05) is 6.92 Å². The number of ether oxygens (including phenoxy) is 3. The Bertz CT molecular complexity index is 929. The molecule has 0 spiro atoms. The largest absolute Gasteiger partial charge is 0.466 e. The second-order valence-electron chi connectivity index (χ2n) is 8.70. The standard InChI is InChI=1S/C23H39N4O8P/c1-3-5-7-13-32-21(28)10-9-19(22(29)33-14-8-6-4-2)26-36(31)17-34-18(16-35-36)15-27-12-11-20(24)25-23(27)30/h11-12,18-19H,3-10,13-17H2,1-2H3,(H,26,31)(H2,24,25,30)/t18-,19-,36?/m0/s1. The topological polar surface area (TPSA) is 161 Å². The fraction of sp³-hybridized carbons (Fsp3) is 0.739. The first kappa shape index (κ1) is 30.0. The maximum Gasteiger partial charge on any atom is 0.349 e. The molecule has 2 rings (SSSR count). The average Bonchev–Trinajstić information content (AvgIpc) is 2.85. The van der Waals surface area contributed by atoms with Gasteiger partial charge in [-0.25, -0.2) is 9.88 Å².